The highest BCUT2D eigenvalue weighted by Gasteiger charge is 2.13. The van der Waals surface area contributed by atoms with E-state index >= 15 is 0 Å². The molecule has 11 heavy (non-hydrogen) atoms. The summed E-state index contributed by atoms with van der Waals surface area (Å²) >= 11 is 0. The zero-order valence-corrected chi connectivity index (χ0v) is 7.78. The number of nitrogens with one attached hydrogen (secondary N) is 1. The number of aliphatic carboxylic acids is 1. The van der Waals surface area contributed by atoms with Gasteiger partial charge in [-0.15, -0.1) is 12.4 Å². The average Bonchev–Trinajstić information content (AvgIpc) is 1.87. The van der Waals surface area contributed by atoms with Crippen LogP contribution in [-0.4, -0.2) is 23.7 Å². The first-order valence-corrected chi connectivity index (χ1v) is 3.68. The van der Waals surface area contributed by atoms with E-state index in [1.807, 2.05) is 13.8 Å². The molecule has 0 aliphatic rings. The SMILES string of the molecule is CCC[C@H](NCC)C(=O)O.Cl. The van der Waals surface area contributed by atoms with Crippen molar-refractivity contribution < 1.29 is 9.90 Å². The summed E-state index contributed by atoms with van der Waals surface area (Å²) in [4.78, 5) is 10.4. The van der Waals surface area contributed by atoms with Gasteiger partial charge in [0.05, 0.1) is 0 Å². The highest BCUT2D eigenvalue weighted by Crippen LogP contribution is 1.95. The van der Waals surface area contributed by atoms with Gasteiger partial charge >= 0.3 is 5.97 Å². The summed E-state index contributed by atoms with van der Waals surface area (Å²) in [5.74, 6) is -0.747. The number of rotatable bonds is 5. The largest absolute Gasteiger partial charge is 0.480 e. The van der Waals surface area contributed by atoms with Crippen molar-refractivity contribution >= 4 is 18.4 Å². The van der Waals surface area contributed by atoms with E-state index in [1.54, 1.807) is 0 Å². The van der Waals surface area contributed by atoms with Crippen LogP contribution in [0.25, 0.3) is 0 Å². The maximum atomic E-state index is 10.4. The first-order valence-electron chi connectivity index (χ1n) is 3.68. The minimum atomic E-state index is -0.747. The second kappa shape index (κ2) is 7.82. The molecule has 0 saturated heterocycles. The highest BCUT2D eigenvalue weighted by molar-refractivity contribution is 5.85. The first-order chi connectivity index (χ1) is 4.72. The van der Waals surface area contributed by atoms with E-state index in [0.717, 1.165) is 13.0 Å². The standard InChI is InChI=1S/C7H15NO2.ClH/c1-3-5-6(7(9)10)8-4-2;/h6,8H,3-5H2,1-2H3,(H,9,10);1H/t6-;/m0./s1. The van der Waals surface area contributed by atoms with Crippen molar-refractivity contribution in [3.05, 3.63) is 0 Å². The van der Waals surface area contributed by atoms with Gasteiger partial charge in [-0.1, -0.05) is 20.3 Å². The number of likely N-dealkylation sites (N-methyl/N-ethyl adjacent to an activating group) is 1. The quantitative estimate of drug-likeness (QED) is 0.672. The molecule has 0 radical (unpaired) electrons. The number of carboxylic acids is 1. The minimum absolute atomic E-state index is 0. The minimum Gasteiger partial charge on any atom is -0.480 e. The van der Waals surface area contributed by atoms with Crippen molar-refractivity contribution in [2.45, 2.75) is 32.7 Å². The highest BCUT2D eigenvalue weighted by atomic mass is 35.5. The number of hydrogen-bond donors (Lipinski definition) is 2. The van der Waals surface area contributed by atoms with E-state index in [2.05, 4.69) is 5.32 Å². The van der Waals surface area contributed by atoms with Crippen LogP contribution in [0.3, 0.4) is 0 Å². The van der Waals surface area contributed by atoms with Gasteiger partial charge in [0.1, 0.15) is 6.04 Å². The molecule has 0 aromatic heterocycles. The summed E-state index contributed by atoms with van der Waals surface area (Å²) in [5.41, 5.74) is 0. The van der Waals surface area contributed by atoms with Crippen molar-refractivity contribution in [3.8, 4) is 0 Å². The van der Waals surface area contributed by atoms with Gasteiger partial charge in [0.2, 0.25) is 0 Å². The monoisotopic (exact) mass is 181 g/mol. The van der Waals surface area contributed by atoms with E-state index in [0.29, 0.717) is 6.42 Å². The third kappa shape index (κ3) is 6.13. The molecule has 0 heterocycles. The molecule has 2 N–H and O–H groups in total. The lowest BCUT2D eigenvalue weighted by molar-refractivity contribution is -0.139. The molecular weight excluding hydrogens is 166 g/mol. The van der Waals surface area contributed by atoms with Gasteiger partial charge in [0, 0.05) is 0 Å². The fourth-order valence-electron chi connectivity index (χ4n) is 0.848. The molecule has 3 nitrogen and oxygen atoms in total. The van der Waals surface area contributed by atoms with Gasteiger partial charge in [-0.25, -0.2) is 0 Å². The first kappa shape index (κ1) is 13.3. The van der Waals surface area contributed by atoms with E-state index < -0.39 is 5.97 Å². The van der Waals surface area contributed by atoms with Crippen molar-refractivity contribution in [3.63, 3.8) is 0 Å². The topological polar surface area (TPSA) is 49.3 Å². The second-order valence-electron chi connectivity index (χ2n) is 2.24. The lowest BCUT2D eigenvalue weighted by Crippen LogP contribution is -2.36. The molecule has 0 aromatic rings. The molecule has 0 unspecified atom stereocenters. The Kier molecular flexibility index (Phi) is 9.47. The number of carbonyl (C=O) groups is 1. The third-order valence-electron chi connectivity index (χ3n) is 1.33. The Morgan fingerprint density at radius 3 is 2.36 bits per heavy atom. The fourth-order valence-corrected chi connectivity index (χ4v) is 0.848. The van der Waals surface area contributed by atoms with Crippen LogP contribution >= 0.6 is 12.4 Å². The maximum Gasteiger partial charge on any atom is 0.320 e. The molecule has 68 valence electrons. The van der Waals surface area contributed by atoms with Gasteiger partial charge in [-0.05, 0) is 13.0 Å². The molecule has 0 aliphatic heterocycles. The summed E-state index contributed by atoms with van der Waals surface area (Å²) in [5, 5.41) is 11.5. The Bertz CT molecular complexity index is 103. The van der Waals surface area contributed by atoms with E-state index in [1.165, 1.54) is 0 Å². The Morgan fingerprint density at radius 2 is 2.09 bits per heavy atom. The lowest BCUT2D eigenvalue weighted by atomic mass is 10.2. The van der Waals surface area contributed by atoms with Crippen LogP contribution in [0.15, 0.2) is 0 Å². The molecular formula is C7H16ClNO2. The molecule has 0 spiro atoms. The second-order valence-corrected chi connectivity index (χ2v) is 2.24. The van der Waals surface area contributed by atoms with Gasteiger partial charge in [0.15, 0.2) is 0 Å². The Morgan fingerprint density at radius 1 is 1.55 bits per heavy atom. The molecule has 0 aromatic carbocycles. The van der Waals surface area contributed by atoms with E-state index in [4.69, 9.17) is 5.11 Å². The average molecular weight is 182 g/mol. The number of hydrogen-bond acceptors (Lipinski definition) is 2. The van der Waals surface area contributed by atoms with Crippen LogP contribution in [0.2, 0.25) is 0 Å². The van der Waals surface area contributed by atoms with Crippen LogP contribution in [0.1, 0.15) is 26.7 Å². The van der Waals surface area contributed by atoms with Gasteiger partial charge in [-0.2, -0.15) is 0 Å². The van der Waals surface area contributed by atoms with Crippen molar-refractivity contribution in [1.29, 1.82) is 0 Å². The Hall–Kier alpha value is -0.280. The molecule has 4 heteroatoms. The van der Waals surface area contributed by atoms with Gasteiger partial charge in [0.25, 0.3) is 0 Å². The zero-order valence-electron chi connectivity index (χ0n) is 6.96. The van der Waals surface area contributed by atoms with Gasteiger partial charge < -0.3 is 10.4 Å². The zero-order chi connectivity index (χ0) is 7.98. The molecule has 0 bridgehead atoms. The summed E-state index contributed by atoms with van der Waals surface area (Å²) in [7, 11) is 0. The molecule has 0 aliphatic carbocycles. The maximum absolute atomic E-state index is 10.4. The summed E-state index contributed by atoms with van der Waals surface area (Å²) in [6.07, 6.45) is 1.62. The number of carboxylic acid groups (broad SMARTS) is 1. The van der Waals surface area contributed by atoms with E-state index in [-0.39, 0.29) is 18.4 Å². The van der Waals surface area contributed by atoms with Crippen LogP contribution in [0.5, 0.6) is 0 Å². The summed E-state index contributed by atoms with van der Waals surface area (Å²) < 4.78 is 0. The van der Waals surface area contributed by atoms with Crippen LogP contribution < -0.4 is 5.32 Å². The number of halogens is 1. The lowest BCUT2D eigenvalue weighted by Gasteiger charge is -2.10. The van der Waals surface area contributed by atoms with Crippen LogP contribution in [-0.2, 0) is 4.79 Å². The van der Waals surface area contributed by atoms with Crippen LogP contribution in [0.4, 0.5) is 0 Å². The Labute approximate surface area is 73.6 Å². The smallest absolute Gasteiger partial charge is 0.320 e. The van der Waals surface area contributed by atoms with Crippen molar-refractivity contribution in [1.82, 2.24) is 5.32 Å². The molecule has 0 saturated carbocycles. The summed E-state index contributed by atoms with van der Waals surface area (Å²) in [6.45, 7) is 4.61. The predicted molar refractivity (Wildman–Crippen MR) is 47.3 cm³/mol. The predicted octanol–water partition coefficient (Wildman–Crippen LogP) is 1.27. The van der Waals surface area contributed by atoms with Gasteiger partial charge in [-0.3, -0.25) is 4.79 Å². The molecule has 1 atom stereocenters. The molecule has 0 fully saturated rings. The van der Waals surface area contributed by atoms with Crippen molar-refractivity contribution in [2.75, 3.05) is 6.54 Å². The van der Waals surface area contributed by atoms with E-state index in [9.17, 15) is 4.79 Å². The van der Waals surface area contributed by atoms with Crippen molar-refractivity contribution in [2.24, 2.45) is 0 Å². The third-order valence-corrected chi connectivity index (χ3v) is 1.33. The van der Waals surface area contributed by atoms with Crippen LogP contribution in [0, 0.1) is 0 Å². The Balaban J connectivity index is 0. The normalized spacial score (nSPS) is 11.8. The molecule has 0 rings (SSSR count). The fraction of sp³-hybridized carbons (Fsp3) is 0.857. The molecule has 0 amide bonds. The summed E-state index contributed by atoms with van der Waals surface area (Å²) in [6, 6.07) is -0.352.